The third-order valence-electron chi connectivity index (χ3n) is 4.02. The Morgan fingerprint density at radius 2 is 1.80 bits per heavy atom. The van der Waals surface area contributed by atoms with Crippen LogP contribution in [-0.4, -0.2) is 22.8 Å². The first-order valence-electron chi connectivity index (χ1n) is 7.92. The second-order valence-corrected chi connectivity index (χ2v) is 5.62. The number of aliphatic carboxylic acids is 1. The van der Waals surface area contributed by atoms with Gasteiger partial charge >= 0.3 is 5.97 Å². The highest BCUT2D eigenvalue weighted by molar-refractivity contribution is 5.68. The Morgan fingerprint density at radius 1 is 1.08 bits per heavy atom. The quantitative estimate of drug-likeness (QED) is 0.728. The number of halogens is 1. The summed E-state index contributed by atoms with van der Waals surface area (Å²) in [4.78, 5) is 11.0. The molecule has 0 spiro atoms. The largest absolute Gasteiger partial charge is 0.495 e. The number of nitrogens with zero attached hydrogens (tertiary/aromatic N) is 1. The minimum absolute atomic E-state index is 0.0298. The predicted octanol–water partition coefficient (Wildman–Crippen LogP) is 4.31. The van der Waals surface area contributed by atoms with Crippen molar-refractivity contribution in [3.8, 4) is 22.7 Å². The van der Waals surface area contributed by atoms with E-state index in [-0.39, 0.29) is 12.2 Å². The molecule has 0 atom stereocenters. The number of aryl methyl sites for hydroxylation is 1. The van der Waals surface area contributed by atoms with Crippen molar-refractivity contribution >= 4 is 5.97 Å². The van der Waals surface area contributed by atoms with Gasteiger partial charge in [-0.05, 0) is 60.5 Å². The van der Waals surface area contributed by atoms with Crippen LogP contribution in [0.3, 0.4) is 0 Å². The van der Waals surface area contributed by atoms with Crippen molar-refractivity contribution in [1.29, 1.82) is 0 Å². The van der Waals surface area contributed by atoms with Crippen molar-refractivity contribution in [2.45, 2.75) is 12.8 Å². The summed E-state index contributed by atoms with van der Waals surface area (Å²) >= 11 is 0. The van der Waals surface area contributed by atoms with E-state index in [1.54, 1.807) is 19.2 Å². The fourth-order valence-electron chi connectivity index (χ4n) is 2.85. The summed E-state index contributed by atoms with van der Waals surface area (Å²) in [5, 5.41) is 9.02. The van der Waals surface area contributed by atoms with E-state index in [4.69, 9.17) is 9.84 Å². The molecule has 1 N–H and O–H groups in total. The molecule has 0 fully saturated rings. The van der Waals surface area contributed by atoms with E-state index in [1.807, 2.05) is 41.0 Å². The molecule has 0 amide bonds. The van der Waals surface area contributed by atoms with Crippen molar-refractivity contribution in [2.75, 3.05) is 7.11 Å². The summed E-state index contributed by atoms with van der Waals surface area (Å²) in [5.74, 6) is -0.472. The van der Waals surface area contributed by atoms with Gasteiger partial charge in [-0.15, -0.1) is 0 Å². The van der Waals surface area contributed by atoms with Gasteiger partial charge in [-0.2, -0.15) is 0 Å². The highest BCUT2D eigenvalue weighted by atomic mass is 19.1. The Morgan fingerprint density at radius 3 is 2.48 bits per heavy atom. The third kappa shape index (κ3) is 3.55. The highest BCUT2D eigenvalue weighted by Gasteiger charge is 2.16. The molecule has 25 heavy (non-hydrogen) atoms. The molecule has 3 aromatic rings. The minimum Gasteiger partial charge on any atom is -0.495 e. The number of ether oxygens (including phenoxy) is 1. The Labute approximate surface area is 145 Å². The lowest BCUT2D eigenvalue weighted by molar-refractivity contribution is -0.136. The molecule has 0 saturated carbocycles. The molecule has 1 aromatic heterocycles. The van der Waals surface area contributed by atoms with Gasteiger partial charge in [0.1, 0.15) is 11.6 Å². The minimum atomic E-state index is -0.851. The maximum atomic E-state index is 13.3. The fraction of sp³-hybridized carbons (Fsp3) is 0.150. The number of aromatic nitrogens is 1. The first kappa shape index (κ1) is 16.8. The Balaban J connectivity index is 2.16. The van der Waals surface area contributed by atoms with E-state index in [9.17, 15) is 9.18 Å². The molecule has 5 heteroatoms. The molecule has 0 aliphatic heterocycles. The molecule has 0 aliphatic rings. The van der Waals surface area contributed by atoms with Gasteiger partial charge in [-0.3, -0.25) is 4.79 Å². The van der Waals surface area contributed by atoms with Gasteiger partial charge in [-0.25, -0.2) is 4.39 Å². The SMILES string of the molecule is COc1ccccc1-n1c(CCC(=O)O)ccc1-c1ccc(F)cc1. The summed E-state index contributed by atoms with van der Waals surface area (Å²) in [7, 11) is 1.59. The number of hydrogen-bond acceptors (Lipinski definition) is 2. The zero-order valence-electron chi connectivity index (χ0n) is 13.8. The number of methoxy groups -OCH3 is 1. The Hall–Kier alpha value is -3.08. The molecule has 4 nitrogen and oxygen atoms in total. The van der Waals surface area contributed by atoms with E-state index in [2.05, 4.69) is 0 Å². The van der Waals surface area contributed by atoms with Crippen molar-refractivity contribution in [1.82, 2.24) is 4.57 Å². The topological polar surface area (TPSA) is 51.5 Å². The molecule has 2 aromatic carbocycles. The normalized spacial score (nSPS) is 10.6. The van der Waals surface area contributed by atoms with Gasteiger partial charge < -0.3 is 14.4 Å². The number of carboxylic acid groups (broad SMARTS) is 1. The van der Waals surface area contributed by atoms with Crippen molar-refractivity contribution in [2.24, 2.45) is 0 Å². The van der Waals surface area contributed by atoms with Crippen LogP contribution in [0.15, 0.2) is 60.7 Å². The second-order valence-electron chi connectivity index (χ2n) is 5.62. The summed E-state index contributed by atoms with van der Waals surface area (Å²) in [6, 6.07) is 17.6. The maximum absolute atomic E-state index is 13.3. The van der Waals surface area contributed by atoms with Crippen LogP contribution in [0.25, 0.3) is 16.9 Å². The highest BCUT2D eigenvalue weighted by Crippen LogP contribution is 2.32. The van der Waals surface area contributed by atoms with Crippen LogP contribution in [0.1, 0.15) is 12.1 Å². The standard InChI is InChI=1S/C20H18FNO3/c1-25-19-5-3-2-4-18(19)22-16(11-13-20(23)24)10-12-17(22)14-6-8-15(21)9-7-14/h2-10,12H,11,13H2,1H3,(H,23,24). The van der Waals surface area contributed by atoms with Crippen molar-refractivity contribution in [3.05, 3.63) is 72.2 Å². The molecular weight excluding hydrogens is 321 g/mol. The zero-order chi connectivity index (χ0) is 17.8. The van der Waals surface area contributed by atoms with Crippen LogP contribution in [0.5, 0.6) is 5.75 Å². The van der Waals surface area contributed by atoms with Crippen LogP contribution in [-0.2, 0) is 11.2 Å². The number of para-hydroxylation sites is 2. The van der Waals surface area contributed by atoms with E-state index >= 15 is 0 Å². The van der Waals surface area contributed by atoms with Gasteiger partial charge in [0.05, 0.1) is 24.9 Å². The van der Waals surface area contributed by atoms with Gasteiger partial charge in [0.25, 0.3) is 0 Å². The van der Waals surface area contributed by atoms with Crippen LogP contribution in [0.2, 0.25) is 0 Å². The third-order valence-corrected chi connectivity index (χ3v) is 4.02. The molecule has 0 aliphatic carbocycles. The number of benzene rings is 2. The average molecular weight is 339 g/mol. The second kappa shape index (κ2) is 7.21. The number of hydrogen-bond donors (Lipinski definition) is 1. The summed E-state index contributed by atoms with van der Waals surface area (Å²) in [5.41, 5.74) is 3.36. The Bertz CT molecular complexity index is 884. The number of carbonyl (C=O) groups is 1. The first-order chi connectivity index (χ1) is 12.1. The van der Waals surface area contributed by atoms with E-state index in [0.29, 0.717) is 12.2 Å². The van der Waals surface area contributed by atoms with Gasteiger partial charge in [-0.1, -0.05) is 12.1 Å². The number of rotatable bonds is 6. The number of carboxylic acids is 1. The first-order valence-corrected chi connectivity index (χ1v) is 7.92. The van der Waals surface area contributed by atoms with E-state index in [0.717, 1.165) is 22.6 Å². The fourth-order valence-corrected chi connectivity index (χ4v) is 2.85. The maximum Gasteiger partial charge on any atom is 0.303 e. The van der Waals surface area contributed by atoms with Crippen molar-refractivity contribution < 1.29 is 19.0 Å². The van der Waals surface area contributed by atoms with Crippen molar-refractivity contribution in [3.63, 3.8) is 0 Å². The van der Waals surface area contributed by atoms with Crippen LogP contribution >= 0.6 is 0 Å². The average Bonchev–Trinajstić information content (AvgIpc) is 3.04. The smallest absolute Gasteiger partial charge is 0.303 e. The molecule has 1 heterocycles. The van der Waals surface area contributed by atoms with E-state index < -0.39 is 5.97 Å². The van der Waals surface area contributed by atoms with Gasteiger partial charge in [0, 0.05) is 5.69 Å². The van der Waals surface area contributed by atoms with Crippen LogP contribution < -0.4 is 4.74 Å². The van der Waals surface area contributed by atoms with Gasteiger partial charge in [0.2, 0.25) is 0 Å². The summed E-state index contributed by atoms with van der Waals surface area (Å²) < 4.78 is 20.7. The predicted molar refractivity (Wildman–Crippen MR) is 93.7 cm³/mol. The molecule has 3 rings (SSSR count). The van der Waals surface area contributed by atoms with Gasteiger partial charge in [0.15, 0.2) is 0 Å². The molecule has 128 valence electrons. The molecule has 0 radical (unpaired) electrons. The molecule has 0 bridgehead atoms. The lowest BCUT2D eigenvalue weighted by Gasteiger charge is -2.16. The Kier molecular flexibility index (Phi) is 4.84. The van der Waals surface area contributed by atoms with Crippen LogP contribution in [0, 0.1) is 5.82 Å². The monoisotopic (exact) mass is 339 g/mol. The van der Waals surface area contributed by atoms with Crippen LogP contribution in [0.4, 0.5) is 4.39 Å². The zero-order valence-corrected chi connectivity index (χ0v) is 13.8. The lowest BCUT2D eigenvalue weighted by Crippen LogP contribution is -2.06. The lowest BCUT2D eigenvalue weighted by atomic mass is 10.1. The van der Waals surface area contributed by atoms with E-state index in [1.165, 1.54) is 12.1 Å². The summed E-state index contributed by atoms with van der Waals surface area (Å²) in [6.07, 6.45) is 0.413. The summed E-state index contributed by atoms with van der Waals surface area (Å²) in [6.45, 7) is 0. The molecule has 0 saturated heterocycles. The molecular formula is C20H18FNO3. The molecule has 0 unspecified atom stereocenters.